The van der Waals surface area contributed by atoms with Crippen molar-refractivity contribution in [2.75, 3.05) is 19.8 Å². The van der Waals surface area contributed by atoms with Crippen LogP contribution in [0.5, 0.6) is 11.5 Å². The van der Waals surface area contributed by atoms with Crippen molar-refractivity contribution in [3.8, 4) is 17.2 Å². The van der Waals surface area contributed by atoms with Crippen molar-refractivity contribution in [1.29, 1.82) is 0 Å². The zero-order valence-electron chi connectivity index (χ0n) is 17.5. The van der Waals surface area contributed by atoms with E-state index in [1.165, 1.54) is 12.1 Å². The third-order valence-corrected chi connectivity index (χ3v) is 5.55. The van der Waals surface area contributed by atoms with E-state index in [0.29, 0.717) is 48.2 Å². The summed E-state index contributed by atoms with van der Waals surface area (Å²) in [6.07, 6.45) is 2.32. The monoisotopic (exact) mass is 441 g/mol. The molecule has 1 aromatic heterocycles. The Morgan fingerprint density at radius 1 is 1.10 bits per heavy atom. The van der Waals surface area contributed by atoms with Crippen LogP contribution in [0.2, 0.25) is 0 Å². The van der Waals surface area contributed by atoms with Gasteiger partial charge in [0.25, 0.3) is 5.91 Å². The van der Waals surface area contributed by atoms with Crippen LogP contribution in [0.25, 0.3) is 5.69 Å². The second-order valence-electron chi connectivity index (χ2n) is 7.20. The third-order valence-electron chi connectivity index (χ3n) is 5.25. The summed E-state index contributed by atoms with van der Waals surface area (Å²) in [6.45, 7) is 6.00. The van der Waals surface area contributed by atoms with Gasteiger partial charge in [-0.25, -0.2) is 4.39 Å². The molecule has 0 fully saturated rings. The molecule has 0 aliphatic carbocycles. The first-order chi connectivity index (χ1) is 15.0. The molecule has 0 spiro atoms. The number of benzene rings is 2. The fourth-order valence-corrected chi connectivity index (χ4v) is 4.07. The van der Waals surface area contributed by atoms with Crippen molar-refractivity contribution in [1.82, 2.24) is 14.5 Å². The zero-order valence-corrected chi connectivity index (χ0v) is 18.3. The molecule has 2 heterocycles. The molecule has 0 radical (unpaired) electrons. The molecule has 31 heavy (non-hydrogen) atoms. The summed E-state index contributed by atoms with van der Waals surface area (Å²) in [5, 5.41) is 0. The van der Waals surface area contributed by atoms with Crippen molar-refractivity contribution in [3.05, 3.63) is 70.0 Å². The van der Waals surface area contributed by atoms with E-state index in [2.05, 4.69) is 4.98 Å². The number of carbonyl (C=O) groups excluding carboxylic acids is 1. The fourth-order valence-electron chi connectivity index (χ4n) is 3.81. The predicted octanol–water partition coefficient (Wildman–Crippen LogP) is 4.67. The number of aromatic amines is 1. The lowest BCUT2D eigenvalue weighted by Gasteiger charge is -2.30. The van der Waals surface area contributed by atoms with Gasteiger partial charge in [0.2, 0.25) is 0 Å². The number of rotatable bonds is 6. The first-order valence-corrected chi connectivity index (χ1v) is 10.7. The number of aromatic nitrogens is 2. The van der Waals surface area contributed by atoms with Gasteiger partial charge in [0, 0.05) is 25.0 Å². The summed E-state index contributed by atoms with van der Waals surface area (Å²) >= 11 is 5.37. The molecule has 2 aromatic carbocycles. The highest BCUT2D eigenvalue weighted by atomic mass is 32.1. The number of carbonyl (C=O) groups is 1. The number of nitrogens with zero attached hydrogens (tertiary/aromatic N) is 2. The van der Waals surface area contributed by atoms with E-state index in [0.717, 1.165) is 23.3 Å². The molecular formula is C23H24FN3O3S. The molecule has 8 heteroatoms. The Morgan fingerprint density at radius 2 is 1.74 bits per heavy atom. The summed E-state index contributed by atoms with van der Waals surface area (Å²) in [4.78, 5) is 18.1. The van der Waals surface area contributed by atoms with Crippen molar-refractivity contribution in [2.24, 2.45) is 0 Å². The minimum absolute atomic E-state index is 0.144. The molecule has 0 unspecified atom stereocenters. The lowest BCUT2D eigenvalue weighted by Crippen LogP contribution is -2.37. The van der Waals surface area contributed by atoms with Gasteiger partial charge in [-0.1, -0.05) is 0 Å². The van der Waals surface area contributed by atoms with Crippen LogP contribution in [0, 0.1) is 10.6 Å². The van der Waals surface area contributed by atoms with E-state index in [9.17, 15) is 9.18 Å². The molecule has 0 bridgehead atoms. The number of nitrogens with one attached hydrogen (secondary N) is 1. The average molecular weight is 442 g/mol. The molecule has 4 rings (SSSR count). The summed E-state index contributed by atoms with van der Waals surface area (Å²) < 4.78 is 26.8. The van der Waals surface area contributed by atoms with E-state index in [4.69, 9.17) is 21.7 Å². The van der Waals surface area contributed by atoms with E-state index in [1.807, 2.05) is 26.0 Å². The number of amides is 1. The summed E-state index contributed by atoms with van der Waals surface area (Å²) in [6, 6.07) is 9.88. The first kappa shape index (κ1) is 21.1. The highest BCUT2D eigenvalue weighted by Crippen LogP contribution is 2.34. The smallest absolute Gasteiger partial charge is 0.272 e. The van der Waals surface area contributed by atoms with Gasteiger partial charge in [-0.05, 0) is 80.0 Å². The van der Waals surface area contributed by atoms with E-state index < -0.39 is 0 Å². The molecule has 6 nitrogen and oxygen atoms in total. The standard InChI is InChI=1S/C23H24FN3O3S/c1-3-29-20-11-15-9-10-26(14-16(15)12-21(20)30-4-2)22(28)19-13-25-23(31)27(19)18-7-5-17(24)6-8-18/h5-8,11-13H,3-4,9-10,14H2,1-2H3,(H,25,31). The maximum absolute atomic E-state index is 13.4. The third kappa shape index (κ3) is 4.20. The van der Waals surface area contributed by atoms with E-state index in [-0.39, 0.29) is 11.7 Å². The minimum atomic E-state index is -0.345. The van der Waals surface area contributed by atoms with Crippen LogP contribution in [-0.4, -0.2) is 40.1 Å². The Kier molecular flexibility index (Phi) is 6.08. The molecular weight excluding hydrogens is 417 g/mol. The van der Waals surface area contributed by atoms with Gasteiger partial charge in [-0.15, -0.1) is 0 Å². The zero-order chi connectivity index (χ0) is 22.0. The molecule has 1 amide bonds. The predicted molar refractivity (Wildman–Crippen MR) is 118 cm³/mol. The molecule has 0 atom stereocenters. The van der Waals surface area contributed by atoms with Crippen LogP contribution < -0.4 is 9.47 Å². The van der Waals surface area contributed by atoms with Gasteiger partial charge in [0.1, 0.15) is 11.5 Å². The second kappa shape index (κ2) is 8.93. The largest absolute Gasteiger partial charge is 0.490 e. The Morgan fingerprint density at radius 3 is 2.39 bits per heavy atom. The fraction of sp³-hybridized carbons (Fsp3) is 0.304. The van der Waals surface area contributed by atoms with E-state index in [1.54, 1.807) is 27.8 Å². The molecule has 1 N–H and O–H groups in total. The highest BCUT2D eigenvalue weighted by Gasteiger charge is 2.26. The minimum Gasteiger partial charge on any atom is -0.490 e. The topological polar surface area (TPSA) is 59.5 Å². The van der Waals surface area contributed by atoms with Crippen LogP contribution in [0.4, 0.5) is 4.39 Å². The number of imidazole rings is 1. The van der Waals surface area contributed by atoms with Crippen molar-refractivity contribution in [2.45, 2.75) is 26.8 Å². The van der Waals surface area contributed by atoms with Crippen LogP contribution in [0.3, 0.4) is 0 Å². The Hall–Kier alpha value is -3.13. The number of fused-ring (bicyclic) bond motifs is 1. The summed E-state index contributed by atoms with van der Waals surface area (Å²) in [5.41, 5.74) is 3.23. The van der Waals surface area contributed by atoms with Gasteiger partial charge in [-0.3, -0.25) is 9.36 Å². The first-order valence-electron chi connectivity index (χ1n) is 10.3. The van der Waals surface area contributed by atoms with Crippen LogP contribution >= 0.6 is 12.2 Å². The Balaban J connectivity index is 1.63. The Bertz CT molecular complexity index is 1150. The summed E-state index contributed by atoms with van der Waals surface area (Å²) in [5.74, 6) is 0.934. The molecule has 0 saturated carbocycles. The number of ether oxygens (including phenoxy) is 2. The maximum atomic E-state index is 13.4. The maximum Gasteiger partial charge on any atom is 0.272 e. The van der Waals surface area contributed by atoms with Gasteiger partial charge in [-0.2, -0.15) is 0 Å². The highest BCUT2D eigenvalue weighted by molar-refractivity contribution is 7.71. The van der Waals surface area contributed by atoms with Crippen molar-refractivity contribution in [3.63, 3.8) is 0 Å². The van der Waals surface area contributed by atoms with Crippen molar-refractivity contribution >= 4 is 18.1 Å². The van der Waals surface area contributed by atoms with Crippen LogP contribution in [0.1, 0.15) is 35.5 Å². The van der Waals surface area contributed by atoms with E-state index >= 15 is 0 Å². The lowest BCUT2D eigenvalue weighted by atomic mass is 9.98. The number of hydrogen-bond acceptors (Lipinski definition) is 4. The quantitative estimate of drug-likeness (QED) is 0.565. The molecule has 3 aromatic rings. The average Bonchev–Trinajstić information content (AvgIpc) is 3.15. The number of halogens is 1. The van der Waals surface area contributed by atoms with Gasteiger partial charge in [0.15, 0.2) is 16.3 Å². The van der Waals surface area contributed by atoms with Crippen LogP contribution in [0.15, 0.2) is 42.6 Å². The van der Waals surface area contributed by atoms with Crippen LogP contribution in [-0.2, 0) is 13.0 Å². The number of hydrogen-bond donors (Lipinski definition) is 1. The summed E-state index contributed by atoms with van der Waals surface area (Å²) in [7, 11) is 0. The normalized spacial score (nSPS) is 13.1. The Labute approximate surface area is 185 Å². The van der Waals surface area contributed by atoms with Gasteiger partial charge < -0.3 is 19.4 Å². The lowest BCUT2D eigenvalue weighted by molar-refractivity contribution is 0.0726. The van der Waals surface area contributed by atoms with Crippen molar-refractivity contribution < 1.29 is 18.7 Å². The number of H-pyrrole nitrogens is 1. The van der Waals surface area contributed by atoms with Gasteiger partial charge >= 0.3 is 0 Å². The van der Waals surface area contributed by atoms with Gasteiger partial charge in [0.05, 0.1) is 13.2 Å². The molecule has 1 aliphatic heterocycles. The SMILES string of the molecule is CCOc1cc2c(cc1OCC)CN(C(=O)c1c[nH]c(=S)n1-c1ccc(F)cc1)CC2. The molecule has 0 saturated heterocycles. The second-order valence-corrected chi connectivity index (χ2v) is 7.59. The molecule has 1 aliphatic rings. The molecule has 162 valence electrons.